The minimum Gasteiger partial charge on any atom is -0.482 e. The summed E-state index contributed by atoms with van der Waals surface area (Å²) in [7, 11) is 0. The van der Waals surface area contributed by atoms with Gasteiger partial charge < -0.3 is 9.64 Å². The van der Waals surface area contributed by atoms with Gasteiger partial charge in [0.25, 0.3) is 5.91 Å². The Morgan fingerprint density at radius 2 is 1.72 bits per heavy atom. The second-order valence-electron chi connectivity index (χ2n) is 11.8. The van der Waals surface area contributed by atoms with E-state index in [2.05, 4.69) is 17.1 Å². The maximum atomic E-state index is 14.9. The second kappa shape index (κ2) is 9.98. The molecular weight excluding hydrogens is 568 g/mol. The van der Waals surface area contributed by atoms with E-state index in [-0.39, 0.29) is 54.3 Å². The van der Waals surface area contributed by atoms with Crippen molar-refractivity contribution >= 4 is 17.7 Å². The van der Waals surface area contributed by atoms with Gasteiger partial charge in [0.1, 0.15) is 25.3 Å². The maximum absolute atomic E-state index is 14.9. The van der Waals surface area contributed by atoms with E-state index >= 15 is 0 Å². The van der Waals surface area contributed by atoms with Crippen LogP contribution in [-0.4, -0.2) is 34.4 Å². The molecule has 2 aliphatic heterocycles. The lowest BCUT2D eigenvalue weighted by Crippen LogP contribution is -2.75. The van der Waals surface area contributed by atoms with Gasteiger partial charge in [-0.1, -0.05) is 54.6 Å². The van der Waals surface area contributed by atoms with Crippen molar-refractivity contribution in [1.29, 1.82) is 0 Å². The Kier molecular flexibility index (Phi) is 6.15. The summed E-state index contributed by atoms with van der Waals surface area (Å²) >= 11 is 1.66. The monoisotopic (exact) mass is 597 g/mol. The number of hydrogen-bond donors (Lipinski definition) is 0. The zero-order chi connectivity index (χ0) is 29.4. The summed E-state index contributed by atoms with van der Waals surface area (Å²) < 4.78 is 37.3. The highest BCUT2D eigenvalue weighted by Gasteiger charge is 2.66. The van der Waals surface area contributed by atoms with Crippen LogP contribution >= 0.6 is 11.8 Å². The number of alkyl halides is 1. The van der Waals surface area contributed by atoms with E-state index in [1.807, 2.05) is 48.5 Å². The van der Waals surface area contributed by atoms with Gasteiger partial charge in [-0.3, -0.25) is 19.3 Å². The molecule has 4 aromatic rings. The topological polar surface area (TPSA) is 54.8 Å². The molecule has 1 aromatic heterocycles. The summed E-state index contributed by atoms with van der Waals surface area (Å²) in [5, 5.41) is 2.05. The zero-order valence-corrected chi connectivity index (χ0v) is 24.3. The molecule has 3 heterocycles. The molecule has 1 amide bonds. The first-order valence-electron chi connectivity index (χ1n) is 14.6. The van der Waals surface area contributed by atoms with Gasteiger partial charge in [0.15, 0.2) is 11.4 Å². The third-order valence-electron chi connectivity index (χ3n) is 9.64. The van der Waals surface area contributed by atoms with Crippen molar-refractivity contribution in [2.75, 3.05) is 11.7 Å². The van der Waals surface area contributed by atoms with E-state index < -0.39 is 17.6 Å². The number of amides is 1. The molecule has 43 heavy (non-hydrogen) atoms. The van der Waals surface area contributed by atoms with Gasteiger partial charge >= 0.3 is 0 Å². The average molecular weight is 598 g/mol. The molecule has 5 aliphatic rings. The highest BCUT2D eigenvalue weighted by Crippen LogP contribution is 2.58. The number of fused-ring (bicyclic) bond motifs is 3. The second-order valence-corrected chi connectivity index (χ2v) is 12.8. The average Bonchev–Trinajstić information content (AvgIpc) is 3.16. The first-order chi connectivity index (χ1) is 20.9. The molecule has 3 aromatic carbocycles. The molecule has 0 radical (unpaired) electrons. The lowest BCUT2D eigenvalue weighted by molar-refractivity contribution is -0.178. The van der Waals surface area contributed by atoms with Crippen LogP contribution in [0.15, 0.2) is 88.7 Å². The highest BCUT2D eigenvalue weighted by atomic mass is 32.2. The number of ether oxygens (including phenoxy) is 1. The van der Waals surface area contributed by atoms with E-state index in [9.17, 15) is 18.4 Å². The van der Waals surface area contributed by atoms with Crippen molar-refractivity contribution < 1.29 is 18.3 Å². The molecule has 6 nitrogen and oxygen atoms in total. The number of carbonyl (C=O) groups excluding carboxylic acids is 1. The first-order valence-corrected chi connectivity index (χ1v) is 15.5. The van der Waals surface area contributed by atoms with E-state index in [4.69, 9.17) is 4.74 Å². The predicted molar refractivity (Wildman–Crippen MR) is 160 cm³/mol. The minimum atomic E-state index is -0.902. The molecule has 3 atom stereocenters. The quantitative estimate of drug-likeness (QED) is 0.284. The molecule has 0 spiro atoms. The number of pyridine rings is 1. The van der Waals surface area contributed by atoms with Crippen molar-refractivity contribution in [3.05, 3.63) is 129 Å². The van der Waals surface area contributed by atoms with Gasteiger partial charge in [-0.25, -0.2) is 8.78 Å². The van der Waals surface area contributed by atoms with Crippen LogP contribution in [-0.2, 0) is 12.4 Å². The van der Waals surface area contributed by atoms with Crippen LogP contribution in [0.4, 0.5) is 8.78 Å². The smallest absolute Gasteiger partial charge is 0.278 e. The van der Waals surface area contributed by atoms with Gasteiger partial charge in [0.2, 0.25) is 5.43 Å². The van der Waals surface area contributed by atoms with E-state index in [0.717, 1.165) is 33.6 Å². The summed E-state index contributed by atoms with van der Waals surface area (Å²) in [6, 6.07) is 21.7. The minimum absolute atomic E-state index is 0.0253. The first kappa shape index (κ1) is 26.5. The number of thioether (sulfide) groups is 1. The van der Waals surface area contributed by atoms with Crippen LogP contribution in [0.2, 0.25) is 0 Å². The maximum Gasteiger partial charge on any atom is 0.278 e. The van der Waals surface area contributed by atoms with Gasteiger partial charge in [0, 0.05) is 40.8 Å². The summed E-state index contributed by atoms with van der Waals surface area (Å²) in [6.45, 7) is 2.11. The summed E-state index contributed by atoms with van der Waals surface area (Å²) in [5.74, 6) is -0.428. The fourth-order valence-electron chi connectivity index (χ4n) is 7.11. The largest absolute Gasteiger partial charge is 0.482 e. The Morgan fingerprint density at radius 1 is 0.953 bits per heavy atom. The Bertz CT molecular complexity index is 1820. The van der Waals surface area contributed by atoms with Crippen molar-refractivity contribution in [2.24, 2.45) is 11.8 Å². The third kappa shape index (κ3) is 3.97. The number of benzene rings is 3. The lowest BCUT2D eigenvalue weighted by atomic mass is 9.49. The van der Waals surface area contributed by atoms with Crippen LogP contribution in [0.3, 0.4) is 0 Å². The molecule has 0 N–H and O–H groups in total. The molecule has 2 unspecified atom stereocenters. The standard InChI is InChI=1S/C34H29F2N3O3S/c1-19-25-17-43-28-10-6-5-9-22(28)31(21(25)11-12-26(19)35)39-18-37(30-23-15-24(30)29(23)36)34(41)32-33(27(40)13-14-38(32)39)42-16-20-7-3-2-4-8-20/h2-14,23-24,29-31H,15-18H2,1H3/t23?,24?,29?,30?,31-/m0/s1. The summed E-state index contributed by atoms with van der Waals surface area (Å²) in [6.07, 6.45) is 1.48. The Morgan fingerprint density at radius 3 is 2.49 bits per heavy atom. The number of aromatic nitrogens is 1. The lowest BCUT2D eigenvalue weighted by Gasteiger charge is -2.65. The number of hydrogen-bond acceptors (Lipinski definition) is 5. The van der Waals surface area contributed by atoms with E-state index in [0.29, 0.717) is 11.3 Å². The summed E-state index contributed by atoms with van der Waals surface area (Å²) in [4.78, 5) is 30.4. The number of nitrogens with zero attached hydrogens (tertiary/aromatic N) is 3. The molecule has 3 aliphatic carbocycles. The van der Waals surface area contributed by atoms with Crippen molar-refractivity contribution in [2.45, 2.75) is 48.9 Å². The van der Waals surface area contributed by atoms with Crippen LogP contribution in [0.1, 0.15) is 50.8 Å². The molecule has 3 fully saturated rings. The van der Waals surface area contributed by atoms with Crippen molar-refractivity contribution in [3.8, 4) is 5.75 Å². The van der Waals surface area contributed by atoms with Gasteiger partial charge in [-0.2, -0.15) is 0 Å². The van der Waals surface area contributed by atoms with Crippen LogP contribution in [0, 0.1) is 24.6 Å². The number of carbonyl (C=O) groups is 1. The zero-order valence-electron chi connectivity index (χ0n) is 23.5. The molecule has 9 rings (SSSR count). The Labute approximate surface area is 251 Å². The van der Waals surface area contributed by atoms with Crippen molar-refractivity contribution in [3.63, 3.8) is 0 Å². The Balaban J connectivity index is 1.31. The van der Waals surface area contributed by atoms with Gasteiger partial charge in [-0.15, -0.1) is 11.8 Å². The van der Waals surface area contributed by atoms with Gasteiger partial charge in [-0.05, 0) is 53.3 Å². The molecule has 3 saturated carbocycles. The van der Waals surface area contributed by atoms with E-state index in [1.54, 1.807) is 34.5 Å². The van der Waals surface area contributed by atoms with Crippen molar-refractivity contribution in [1.82, 2.24) is 9.58 Å². The summed E-state index contributed by atoms with van der Waals surface area (Å²) in [5.41, 5.74) is 4.06. The fourth-order valence-corrected chi connectivity index (χ4v) is 8.32. The molecule has 9 heteroatoms. The predicted octanol–water partition coefficient (Wildman–Crippen LogP) is 5.98. The highest BCUT2D eigenvalue weighted by molar-refractivity contribution is 7.98. The molecule has 218 valence electrons. The van der Waals surface area contributed by atoms with E-state index in [1.165, 1.54) is 12.1 Å². The SMILES string of the molecule is Cc1c(F)ccc2c1CSc1ccccc1[C@H]2N1CN(C2C3CC2C3F)C(=O)c2c(OCc3ccccc3)c(=O)ccn21. The normalized spacial score (nSPS) is 25.1. The number of halogens is 2. The van der Waals surface area contributed by atoms with Crippen LogP contribution < -0.4 is 15.2 Å². The third-order valence-corrected chi connectivity index (χ3v) is 10.8. The molecular formula is C34H29F2N3O3S. The fraction of sp³-hybridized carbons (Fsp3) is 0.294. The molecule has 0 saturated heterocycles. The van der Waals surface area contributed by atoms with Gasteiger partial charge in [0.05, 0.1) is 6.04 Å². The Hall–Kier alpha value is -4.11. The van der Waals surface area contributed by atoms with Crippen LogP contribution in [0.5, 0.6) is 5.75 Å². The number of rotatable bonds is 5. The van der Waals surface area contributed by atoms with Crippen LogP contribution in [0.25, 0.3) is 0 Å². The molecule has 2 bridgehead atoms.